The van der Waals surface area contributed by atoms with Crippen molar-refractivity contribution >= 4 is 0 Å². The fraction of sp³-hybridized carbons (Fsp3) is 1.00. The van der Waals surface area contributed by atoms with Crippen LogP contribution in [0, 0.1) is 11.8 Å². The summed E-state index contributed by atoms with van der Waals surface area (Å²) in [5.74, 6) is 1.61. The molecule has 1 rings (SSSR count). The molecule has 0 aromatic carbocycles. The van der Waals surface area contributed by atoms with Crippen LogP contribution in [0.4, 0.5) is 0 Å². The summed E-state index contributed by atoms with van der Waals surface area (Å²) in [6, 6.07) is 1.47. The Labute approximate surface area is 121 Å². The van der Waals surface area contributed by atoms with Crippen molar-refractivity contribution in [2.45, 2.75) is 78.8 Å². The van der Waals surface area contributed by atoms with Crippen LogP contribution < -0.4 is 5.32 Å². The van der Waals surface area contributed by atoms with Crippen LogP contribution in [0.25, 0.3) is 0 Å². The molecule has 1 aliphatic rings. The van der Waals surface area contributed by atoms with Crippen LogP contribution in [-0.2, 0) is 0 Å². The predicted octanol–water partition coefficient (Wildman–Crippen LogP) is 3.91. The molecular weight excluding hydrogens is 232 g/mol. The number of hydrogen-bond donors (Lipinski definition) is 1. The van der Waals surface area contributed by atoms with Crippen molar-refractivity contribution in [2.75, 3.05) is 19.6 Å². The highest BCUT2D eigenvalue weighted by Crippen LogP contribution is 2.20. The van der Waals surface area contributed by atoms with Gasteiger partial charge in [0.15, 0.2) is 0 Å². The molecule has 2 heteroatoms. The van der Waals surface area contributed by atoms with Crippen molar-refractivity contribution in [3.05, 3.63) is 0 Å². The molecule has 1 aliphatic heterocycles. The van der Waals surface area contributed by atoms with Gasteiger partial charge < -0.3 is 5.32 Å². The lowest BCUT2D eigenvalue weighted by molar-refractivity contribution is 0.0939. The summed E-state index contributed by atoms with van der Waals surface area (Å²) < 4.78 is 0. The minimum Gasteiger partial charge on any atom is -0.311 e. The quantitative estimate of drug-likeness (QED) is 0.671. The monoisotopic (exact) mass is 268 g/mol. The summed E-state index contributed by atoms with van der Waals surface area (Å²) in [6.45, 7) is 15.5. The summed E-state index contributed by atoms with van der Waals surface area (Å²) in [5, 5.41) is 3.80. The first-order valence-electron chi connectivity index (χ1n) is 8.55. The highest BCUT2D eigenvalue weighted by atomic mass is 15.2. The lowest BCUT2D eigenvalue weighted by atomic mass is 9.92. The van der Waals surface area contributed by atoms with E-state index in [2.05, 4.69) is 44.8 Å². The van der Waals surface area contributed by atoms with Crippen molar-refractivity contribution in [2.24, 2.45) is 11.8 Å². The topological polar surface area (TPSA) is 15.3 Å². The average molecular weight is 268 g/mol. The standard InChI is InChI=1S/C17H36N2/c1-6-8-9-10-19-13-17(15(5)7-2)18-12-16(19)11-14(3)4/h14-18H,6-13H2,1-5H3. The maximum atomic E-state index is 3.80. The number of piperazine rings is 1. The summed E-state index contributed by atoms with van der Waals surface area (Å²) in [5.41, 5.74) is 0. The third-order valence-corrected chi connectivity index (χ3v) is 4.69. The maximum Gasteiger partial charge on any atom is 0.0223 e. The van der Waals surface area contributed by atoms with Gasteiger partial charge in [-0.15, -0.1) is 0 Å². The zero-order valence-electron chi connectivity index (χ0n) is 13.9. The number of nitrogens with one attached hydrogen (secondary N) is 1. The van der Waals surface area contributed by atoms with Gasteiger partial charge in [0, 0.05) is 25.2 Å². The van der Waals surface area contributed by atoms with Gasteiger partial charge in [-0.05, 0) is 31.2 Å². The van der Waals surface area contributed by atoms with E-state index in [-0.39, 0.29) is 0 Å². The Bertz CT molecular complexity index is 227. The molecule has 0 aromatic rings. The SMILES string of the molecule is CCCCCN1CC(C(C)CC)NCC1CC(C)C. The minimum atomic E-state index is 0.704. The van der Waals surface area contributed by atoms with E-state index < -0.39 is 0 Å². The second-order valence-corrected chi connectivity index (χ2v) is 6.89. The fourth-order valence-electron chi connectivity index (χ4n) is 3.16. The van der Waals surface area contributed by atoms with Crippen LogP contribution in [0.5, 0.6) is 0 Å². The lowest BCUT2D eigenvalue weighted by Gasteiger charge is -2.43. The van der Waals surface area contributed by atoms with E-state index in [1.807, 2.05) is 0 Å². The van der Waals surface area contributed by atoms with Gasteiger partial charge in [-0.1, -0.05) is 53.9 Å². The van der Waals surface area contributed by atoms with Crippen molar-refractivity contribution in [3.8, 4) is 0 Å². The van der Waals surface area contributed by atoms with E-state index in [0.717, 1.165) is 17.9 Å². The van der Waals surface area contributed by atoms with E-state index in [9.17, 15) is 0 Å². The van der Waals surface area contributed by atoms with Gasteiger partial charge >= 0.3 is 0 Å². The summed E-state index contributed by atoms with van der Waals surface area (Å²) >= 11 is 0. The maximum absolute atomic E-state index is 3.80. The van der Waals surface area contributed by atoms with Gasteiger partial charge in [-0.25, -0.2) is 0 Å². The molecule has 0 radical (unpaired) electrons. The van der Waals surface area contributed by atoms with Gasteiger partial charge in [0.2, 0.25) is 0 Å². The average Bonchev–Trinajstić information content (AvgIpc) is 2.39. The third-order valence-electron chi connectivity index (χ3n) is 4.69. The van der Waals surface area contributed by atoms with Crippen molar-refractivity contribution in [1.82, 2.24) is 10.2 Å². The van der Waals surface area contributed by atoms with Gasteiger partial charge in [0.25, 0.3) is 0 Å². The lowest BCUT2D eigenvalue weighted by Crippen LogP contribution is -2.58. The van der Waals surface area contributed by atoms with E-state index in [1.165, 1.54) is 51.7 Å². The first-order valence-corrected chi connectivity index (χ1v) is 8.55. The van der Waals surface area contributed by atoms with Gasteiger partial charge in [0.1, 0.15) is 0 Å². The number of nitrogens with zero attached hydrogens (tertiary/aromatic N) is 1. The molecule has 1 saturated heterocycles. The van der Waals surface area contributed by atoms with E-state index in [1.54, 1.807) is 0 Å². The molecule has 0 bridgehead atoms. The molecule has 0 saturated carbocycles. The van der Waals surface area contributed by atoms with E-state index in [0.29, 0.717) is 6.04 Å². The predicted molar refractivity (Wildman–Crippen MR) is 85.6 cm³/mol. The Hall–Kier alpha value is -0.0800. The van der Waals surface area contributed by atoms with Gasteiger partial charge in [-0.2, -0.15) is 0 Å². The molecular formula is C17H36N2. The highest BCUT2D eigenvalue weighted by molar-refractivity contribution is 4.88. The van der Waals surface area contributed by atoms with Crippen molar-refractivity contribution in [1.29, 1.82) is 0 Å². The Morgan fingerprint density at radius 2 is 1.89 bits per heavy atom. The molecule has 3 atom stereocenters. The largest absolute Gasteiger partial charge is 0.311 e. The first kappa shape index (κ1) is 17.0. The summed E-state index contributed by atoms with van der Waals surface area (Å²) in [7, 11) is 0. The van der Waals surface area contributed by atoms with Crippen molar-refractivity contribution < 1.29 is 0 Å². The molecule has 114 valence electrons. The molecule has 1 N–H and O–H groups in total. The molecule has 0 amide bonds. The van der Waals surface area contributed by atoms with Gasteiger partial charge in [-0.3, -0.25) is 4.90 Å². The molecule has 3 unspecified atom stereocenters. The molecule has 0 aromatic heterocycles. The highest BCUT2D eigenvalue weighted by Gasteiger charge is 2.29. The smallest absolute Gasteiger partial charge is 0.0223 e. The van der Waals surface area contributed by atoms with Crippen LogP contribution in [0.3, 0.4) is 0 Å². The Morgan fingerprint density at radius 1 is 1.16 bits per heavy atom. The summed E-state index contributed by atoms with van der Waals surface area (Å²) in [6.07, 6.45) is 6.71. The van der Waals surface area contributed by atoms with Gasteiger partial charge in [0.05, 0.1) is 0 Å². The number of hydrogen-bond acceptors (Lipinski definition) is 2. The Morgan fingerprint density at radius 3 is 2.47 bits per heavy atom. The second kappa shape index (κ2) is 8.97. The Kier molecular flexibility index (Phi) is 8.01. The minimum absolute atomic E-state index is 0.704. The second-order valence-electron chi connectivity index (χ2n) is 6.89. The summed E-state index contributed by atoms with van der Waals surface area (Å²) in [4.78, 5) is 2.78. The fourth-order valence-corrected chi connectivity index (χ4v) is 3.16. The number of unbranched alkanes of at least 4 members (excludes halogenated alkanes) is 2. The molecule has 2 nitrogen and oxygen atoms in total. The normalized spacial score (nSPS) is 26.8. The van der Waals surface area contributed by atoms with E-state index in [4.69, 9.17) is 0 Å². The molecule has 19 heavy (non-hydrogen) atoms. The molecule has 0 aliphatic carbocycles. The van der Waals surface area contributed by atoms with Crippen LogP contribution in [0.1, 0.15) is 66.7 Å². The molecule has 1 heterocycles. The zero-order chi connectivity index (χ0) is 14.3. The van der Waals surface area contributed by atoms with Crippen LogP contribution in [0.2, 0.25) is 0 Å². The first-order chi connectivity index (χ1) is 9.08. The van der Waals surface area contributed by atoms with Crippen LogP contribution in [-0.4, -0.2) is 36.6 Å². The van der Waals surface area contributed by atoms with Crippen molar-refractivity contribution in [3.63, 3.8) is 0 Å². The molecule has 0 spiro atoms. The van der Waals surface area contributed by atoms with Crippen LogP contribution >= 0.6 is 0 Å². The number of rotatable bonds is 8. The third kappa shape index (κ3) is 5.83. The Balaban J connectivity index is 2.52. The molecule has 1 fully saturated rings. The zero-order valence-corrected chi connectivity index (χ0v) is 13.9. The van der Waals surface area contributed by atoms with E-state index >= 15 is 0 Å². The van der Waals surface area contributed by atoms with Crippen LogP contribution in [0.15, 0.2) is 0 Å².